The molecule has 0 amide bonds. The number of carbonyl (C=O) groups is 2. The van der Waals surface area contributed by atoms with Gasteiger partial charge in [-0.25, -0.2) is 4.57 Å². The summed E-state index contributed by atoms with van der Waals surface area (Å²) >= 11 is 0. The van der Waals surface area contributed by atoms with Crippen LogP contribution in [0.2, 0.25) is 0 Å². The lowest BCUT2D eigenvalue weighted by Crippen LogP contribution is -2.29. The van der Waals surface area contributed by atoms with Gasteiger partial charge in [0.2, 0.25) is 0 Å². The average molecular weight is 868 g/mol. The van der Waals surface area contributed by atoms with Gasteiger partial charge in [-0.3, -0.25) is 18.6 Å². The van der Waals surface area contributed by atoms with Gasteiger partial charge in [-0.1, -0.05) is 204 Å². The number of phosphoric ester groups is 1. The van der Waals surface area contributed by atoms with E-state index >= 15 is 0 Å². The van der Waals surface area contributed by atoms with E-state index in [-0.39, 0.29) is 38.7 Å². The smallest absolute Gasteiger partial charge is 0.462 e. The second-order valence-corrected chi connectivity index (χ2v) is 17.6. The number of hydrogen-bond acceptors (Lipinski definition) is 9. The van der Waals surface area contributed by atoms with Gasteiger partial charge in [-0.2, -0.15) is 0 Å². The molecule has 0 aliphatic rings. The summed E-state index contributed by atoms with van der Waals surface area (Å²) in [4.78, 5) is 34.9. The average Bonchev–Trinajstić information content (AvgIpc) is 3.23. The van der Waals surface area contributed by atoms with Crippen molar-refractivity contribution in [1.29, 1.82) is 0 Å². The zero-order valence-electron chi connectivity index (χ0n) is 38.3. The molecule has 3 atom stereocenters. The minimum absolute atomic E-state index is 0.0376. The van der Waals surface area contributed by atoms with Gasteiger partial charge in [0.15, 0.2) is 6.10 Å². The first-order valence-corrected chi connectivity index (χ1v) is 25.7. The second kappa shape index (κ2) is 45.0. The number of ether oxygens (including phenoxy) is 2. The Hall–Kier alpha value is -2.07. The van der Waals surface area contributed by atoms with Crippen LogP contribution in [0.25, 0.3) is 0 Å². The molecule has 1 unspecified atom stereocenters. The van der Waals surface area contributed by atoms with Gasteiger partial charge in [-0.05, 0) is 44.9 Å². The summed E-state index contributed by atoms with van der Waals surface area (Å²) in [6, 6.07) is 0. The van der Waals surface area contributed by atoms with E-state index < -0.39 is 32.5 Å². The third-order valence-corrected chi connectivity index (χ3v) is 11.3. The fraction of sp³-hybridized carbons (Fsp3) is 0.796. The highest BCUT2D eigenvalue weighted by atomic mass is 31.2. The fourth-order valence-corrected chi connectivity index (χ4v) is 7.41. The van der Waals surface area contributed by atoms with Gasteiger partial charge in [0.05, 0.1) is 19.3 Å². The Morgan fingerprint density at radius 1 is 0.567 bits per heavy atom. The SMILES string of the molecule is CCCCCCCCCCCCCCCCCCCCCCCC(=O)OC[C@H](COP(=O)(O)OCCN)OC(=O)CCC/C=C\C/C=C\C/C=C\C/C=C\[C@H](O)CCCC. The lowest BCUT2D eigenvalue weighted by atomic mass is 10.0. The van der Waals surface area contributed by atoms with Crippen molar-refractivity contribution in [3.8, 4) is 0 Å². The predicted molar refractivity (Wildman–Crippen MR) is 249 cm³/mol. The zero-order chi connectivity index (χ0) is 44.0. The Morgan fingerprint density at radius 3 is 1.52 bits per heavy atom. The first kappa shape index (κ1) is 57.9. The predicted octanol–water partition coefficient (Wildman–Crippen LogP) is 13.3. The lowest BCUT2D eigenvalue weighted by molar-refractivity contribution is -0.161. The van der Waals surface area contributed by atoms with Crippen LogP contribution in [-0.2, 0) is 32.7 Å². The van der Waals surface area contributed by atoms with Crippen molar-refractivity contribution in [3.05, 3.63) is 48.6 Å². The van der Waals surface area contributed by atoms with E-state index in [1.54, 1.807) is 0 Å². The highest BCUT2D eigenvalue weighted by Crippen LogP contribution is 2.43. The van der Waals surface area contributed by atoms with Crippen molar-refractivity contribution in [2.24, 2.45) is 5.73 Å². The molecule has 0 aromatic heterocycles. The highest BCUT2D eigenvalue weighted by molar-refractivity contribution is 7.47. The van der Waals surface area contributed by atoms with Crippen LogP contribution in [0, 0.1) is 0 Å². The molecule has 11 heteroatoms. The number of allylic oxidation sites excluding steroid dienone is 7. The van der Waals surface area contributed by atoms with Gasteiger partial charge in [0.25, 0.3) is 0 Å². The van der Waals surface area contributed by atoms with Crippen molar-refractivity contribution in [2.75, 3.05) is 26.4 Å². The molecular formula is C49H90NO9P. The molecule has 0 aliphatic heterocycles. The first-order chi connectivity index (χ1) is 29.2. The summed E-state index contributed by atoms with van der Waals surface area (Å²) < 4.78 is 32.8. The topological polar surface area (TPSA) is 155 Å². The van der Waals surface area contributed by atoms with Gasteiger partial charge in [0, 0.05) is 19.4 Å². The number of esters is 2. The Bertz CT molecular complexity index is 1140. The van der Waals surface area contributed by atoms with E-state index in [1.165, 1.54) is 116 Å². The summed E-state index contributed by atoms with van der Waals surface area (Å²) in [6.45, 7) is 3.52. The van der Waals surface area contributed by atoms with Crippen LogP contribution < -0.4 is 5.73 Å². The van der Waals surface area contributed by atoms with Crippen LogP contribution >= 0.6 is 7.82 Å². The molecule has 4 N–H and O–H groups in total. The number of hydrogen-bond donors (Lipinski definition) is 3. The Balaban J connectivity index is 4.15. The van der Waals surface area contributed by atoms with E-state index in [0.717, 1.165) is 57.8 Å². The van der Waals surface area contributed by atoms with Crippen LogP contribution in [0.5, 0.6) is 0 Å². The summed E-state index contributed by atoms with van der Waals surface area (Å²) in [5, 5.41) is 9.82. The molecule has 0 saturated heterocycles. The van der Waals surface area contributed by atoms with Crippen molar-refractivity contribution in [2.45, 2.75) is 225 Å². The second-order valence-electron chi connectivity index (χ2n) is 16.2. The molecule has 0 aromatic carbocycles. The summed E-state index contributed by atoms with van der Waals surface area (Å²) in [5.74, 6) is -0.910. The van der Waals surface area contributed by atoms with Crippen LogP contribution in [0.4, 0.5) is 0 Å². The molecule has 350 valence electrons. The maximum absolute atomic E-state index is 12.6. The third-order valence-electron chi connectivity index (χ3n) is 10.3. The normalized spacial score (nSPS) is 14.2. The number of nitrogens with two attached hydrogens (primary N) is 1. The molecule has 0 bridgehead atoms. The molecular weight excluding hydrogens is 778 g/mol. The minimum Gasteiger partial charge on any atom is -0.462 e. The maximum Gasteiger partial charge on any atom is 0.472 e. The number of unbranched alkanes of at least 4 members (excludes halogenated alkanes) is 22. The van der Waals surface area contributed by atoms with E-state index in [1.807, 2.05) is 24.3 Å². The van der Waals surface area contributed by atoms with E-state index in [9.17, 15) is 24.2 Å². The van der Waals surface area contributed by atoms with Crippen LogP contribution in [0.3, 0.4) is 0 Å². The van der Waals surface area contributed by atoms with Crippen molar-refractivity contribution in [1.82, 2.24) is 0 Å². The minimum atomic E-state index is -4.40. The molecule has 0 aromatic rings. The zero-order valence-corrected chi connectivity index (χ0v) is 39.2. The van der Waals surface area contributed by atoms with Gasteiger partial charge in [-0.15, -0.1) is 0 Å². The first-order valence-electron chi connectivity index (χ1n) is 24.2. The summed E-state index contributed by atoms with van der Waals surface area (Å²) in [5.41, 5.74) is 5.35. The summed E-state index contributed by atoms with van der Waals surface area (Å²) in [7, 11) is -4.40. The van der Waals surface area contributed by atoms with Crippen molar-refractivity contribution in [3.63, 3.8) is 0 Å². The highest BCUT2D eigenvalue weighted by Gasteiger charge is 2.26. The monoisotopic (exact) mass is 868 g/mol. The molecule has 0 rings (SSSR count). The number of aliphatic hydroxyl groups excluding tert-OH is 1. The van der Waals surface area contributed by atoms with E-state index in [4.69, 9.17) is 24.3 Å². The molecule has 0 spiro atoms. The fourth-order valence-electron chi connectivity index (χ4n) is 6.65. The number of carbonyl (C=O) groups excluding carboxylic acids is 2. The number of phosphoric acid groups is 1. The molecule has 0 aliphatic carbocycles. The standard InChI is InChI=1S/C49H90NO9P/c1-3-5-7-8-9-10-11-12-13-14-15-16-17-18-19-20-24-27-30-33-36-40-48(52)56-44-47(45-58-60(54,55)57-43-42-50)59-49(53)41-37-34-31-28-25-22-21-23-26-29-32-35-39-46(51)38-6-4-2/h21-22,26,28-29,31,35,39,46-47,51H,3-20,23-25,27,30,32-34,36-38,40-45,50H2,1-2H3,(H,54,55)/b22-21-,29-26-,31-28-,39-35-/t46-,47-/m1/s1. The van der Waals surface area contributed by atoms with Crippen LogP contribution in [0.1, 0.15) is 213 Å². The molecule has 0 heterocycles. The van der Waals surface area contributed by atoms with Gasteiger partial charge in [0.1, 0.15) is 6.61 Å². The largest absolute Gasteiger partial charge is 0.472 e. The number of aliphatic hydroxyl groups is 1. The van der Waals surface area contributed by atoms with Crippen LogP contribution in [0.15, 0.2) is 48.6 Å². The Labute approximate surface area is 367 Å². The molecule has 0 fully saturated rings. The van der Waals surface area contributed by atoms with Crippen LogP contribution in [-0.4, -0.2) is 60.5 Å². The Morgan fingerprint density at radius 2 is 1.02 bits per heavy atom. The Kier molecular flexibility index (Phi) is 43.4. The van der Waals surface area contributed by atoms with E-state index in [2.05, 4.69) is 38.2 Å². The van der Waals surface area contributed by atoms with Gasteiger partial charge < -0.3 is 25.2 Å². The van der Waals surface area contributed by atoms with E-state index in [0.29, 0.717) is 12.8 Å². The molecule has 10 nitrogen and oxygen atoms in total. The van der Waals surface area contributed by atoms with Crippen molar-refractivity contribution >= 4 is 19.8 Å². The van der Waals surface area contributed by atoms with Crippen molar-refractivity contribution < 1.29 is 42.7 Å². The number of rotatable bonds is 45. The maximum atomic E-state index is 12.6. The molecule has 60 heavy (non-hydrogen) atoms. The van der Waals surface area contributed by atoms with Gasteiger partial charge >= 0.3 is 19.8 Å². The quantitative estimate of drug-likeness (QED) is 0.0233. The third kappa shape index (κ3) is 44.0. The lowest BCUT2D eigenvalue weighted by Gasteiger charge is -2.19. The molecule has 0 radical (unpaired) electrons. The molecule has 0 saturated carbocycles. The summed E-state index contributed by atoms with van der Waals surface area (Å²) in [6.07, 6.45) is 49.2.